The molecule has 2 rings (SSSR count). The van der Waals surface area contributed by atoms with Gasteiger partial charge in [0.25, 0.3) is 0 Å². The molecule has 0 bridgehead atoms. The SMILES string of the molecule is Cc1ccccc1CSC(N)=NC1CCCC1. The first-order valence-electron chi connectivity index (χ1n) is 6.26. The molecule has 2 N–H and O–H groups in total. The Labute approximate surface area is 108 Å². The van der Waals surface area contributed by atoms with E-state index in [9.17, 15) is 0 Å². The van der Waals surface area contributed by atoms with E-state index in [1.54, 1.807) is 11.8 Å². The number of rotatable bonds is 3. The predicted molar refractivity (Wildman–Crippen MR) is 76.4 cm³/mol. The normalized spacial score (nSPS) is 17.6. The van der Waals surface area contributed by atoms with Crippen LogP contribution in [0.2, 0.25) is 0 Å². The number of amidine groups is 1. The summed E-state index contributed by atoms with van der Waals surface area (Å²) in [4.78, 5) is 4.58. The minimum Gasteiger partial charge on any atom is -0.379 e. The van der Waals surface area contributed by atoms with Crippen LogP contribution in [-0.2, 0) is 5.75 Å². The van der Waals surface area contributed by atoms with E-state index in [-0.39, 0.29) is 0 Å². The van der Waals surface area contributed by atoms with Crippen LogP contribution in [0, 0.1) is 6.92 Å². The van der Waals surface area contributed by atoms with Crippen molar-refractivity contribution in [3.05, 3.63) is 35.4 Å². The van der Waals surface area contributed by atoms with Gasteiger partial charge in [0, 0.05) is 5.75 Å². The summed E-state index contributed by atoms with van der Waals surface area (Å²) in [6.45, 7) is 2.14. The quantitative estimate of drug-likeness (QED) is 0.657. The number of nitrogens with zero attached hydrogens (tertiary/aromatic N) is 1. The molecular weight excluding hydrogens is 228 g/mol. The van der Waals surface area contributed by atoms with Crippen LogP contribution in [0.3, 0.4) is 0 Å². The van der Waals surface area contributed by atoms with Crippen molar-refractivity contribution in [2.75, 3.05) is 0 Å². The molecule has 3 heteroatoms. The largest absolute Gasteiger partial charge is 0.379 e. The van der Waals surface area contributed by atoms with Gasteiger partial charge in [0.15, 0.2) is 5.17 Å². The van der Waals surface area contributed by atoms with Crippen molar-refractivity contribution in [2.45, 2.75) is 44.4 Å². The van der Waals surface area contributed by atoms with E-state index in [0.29, 0.717) is 6.04 Å². The predicted octanol–water partition coefficient (Wildman–Crippen LogP) is 3.49. The molecule has 0 amide bonds. The first-order chi connectivity index (χ1) is 8.25. The summed E-state index contributed by atoms with van der Waals surface area (Å²) in [5, 5.41) is 0.750. The van der Waals surface area contributed by atoms with Gasteiger partial charge in [-0.05, 0) is 30.9 Å². The zero-order chi connectivity index (χ0) is 12.1. The Morgan fingerprint density at radius 3 is 2.76 bits per heavy atom. The standard InChI is InChI=1S/C14H20N2S/c1-11-6-2-3-7-12(11)10-17-14(15)16-13-8-4-5-9-13/h2-3,6-7,13H,4-5,8-10H2,1H3,(H2,15,16). The summed E-state index contributed by atoms with van der Waals surface area (Å²) in [5.74, 6) is 0.925. The Hall–Kier alpha value is -0.960. The number of thioether (sulfide) groups is 1. The molecule has 1 aliphatic carbocycles. The second-order valence-electron chi connectivity index (χ2n) is 4.62. The van der Waals surface area contributed by atoms with Crippen LogP contribution in [0.25, 0.3) is 0 Å². The number of hydrogen-bond acceptors (Lipinski definition) is 2. The topological polar surface area (TPSA) is 38.4 Å². The van der Waals surface area contributed by atoms with Crippen LogP contribution in [0.1, 0.15) is 36.8 Å². The van der Waals surface area contributed by atoms with E-state index >= 15 is 0 Å². The van der Waals surface area contributed by atoms with Crippen LogP contribution in [0.15, 0.2) is 29.3 Å². The van der Waals surface area contributed by atoms with Gasteiger partial charge in [0.1, 0.15) is 0 Å². The number of aliphatic imine (C=N–C) groups is 1. The molecule has 1 aromatic rings. The molecular formula is C14H20N2S. The highest BCUT2D eigenvalue weighted by Crippen LogP contribution is 2.22. The minimum absolute atomic E-state index is 0.486. The lowest BCUT2D eigenvalue weighted by atomic mass is 10.1. The molecule has 2 nitrogen and oxygen atoms in total. The Kier molecular flexibility index (Phi) is 4.49. The molecule has 1 saturated carbocycles. The van der Waals surface area contributed by atoms with Crippen LogP contribution in [0.4, 0.5) is 0 Å². The molecule has 0 radical (unpaired) electrons. The van der Waals surface area contributed by atoms with E-state index in [0.717, 1.165) is 10.9 Å². The van der Waals surface area contributed by atoms with Crippen LogP contribution >= 0.6 is 11.8 Å². The van der Waals surface area contributed by atoms with Crippen molar-refractivity contribution >= 4 is 16.9 Å². The average molecular weight is 248 g/mol. The lowest BCUT2D eigenvalue weighted by molar-refractivity contribution is 0.708. The smallest absolute Gasteiger partial charge is 0.154 e. The summed E-state index contributed by atoms with van der Waals surface area (Å²) < 4.78 is 0. The van der Waals surface area contributed by atoms with Gasteiger partial charge < -0.3 is 5.73 Å². The Morgan fingerprint density at radius 1 is 1.35 bits per heavy atom. The van der Waals surface area contributed by atoms with Crippen LogP contribution in [-0.4, -0.2) is 11.2 Å². The molecule has 1 aromatic carbocycles. The highest BCUT2D eigenvalue weighted by molar-refractivity contribution is 8.13. The third-order valence-electron chi connectivity index (χ3n) is 3.27. The number of benzene rings is 1. The fraction of sp³-hybridized carbons (Fsp3) is 0.500. The summed E-state index contributed by atoms with van der Waals surface area (Å²) in [7, 11) is 0. The van der Waals surface area contributed by atoms with Gasteiger partial charge >= 0.3 is 0 Å². The van der Waals surface area contributed by atoms with Gasteiger partial charge in [-0.2, -0.15) is 0 Å². The maximum absolute atomic E-state index is 5.96. The summed E-state index contributed by atoms with van der Waals surface area (Å²) >= 11 is 1.66. The lowest BCUT2D eigenvalue weighted by Gasteiger charge is -2.07. The molecule has 1 fully saturated rings. The number of nitrogens with two attached hydrogens (primary N) is 1. The first-order valence-corrected chi connectivity index (χ1v) is 7.25. The Bertz CT molecular complexity index is 395. The van der Waals surface area contributed by atoms with Crippen molar-refractivity contribution in [3.8, 4) is 0 Å². The van der Waals surface area contributed by atoms with Gasteiger partial charge in [0.2, 0.25) is 0 Å². The van der Waals surface area contributed by atoms with Crippen molar-refractivity contribution in [1.29, 1.82) is 0 Å². The molecule has 0 unspecified atom stereocenters. The fourth-order valence-corrected chi connectivity index (χ4v) is 3.03. The zero-order valence-corrected chi connectivity index (χ0v) is 11.2. The van der Waals surface area contributed by atoms with Crippen LogP contribution in [0.5, 0.6) is 0 Å². The Balaban J connectivity index is 1.87. The summed E-state index contributed by atoms with van der Waals surface area (Å²) in [6.07, 6.45) is 5.05. The summed E-state index contributed by atoms with van der Waals surface area (Å²) in [5.41, 5.74) is 8.64. The molecule has 1 aliphatic rings. The van der Waals surface area contributed by atoms with Crippen molar-refractivity contribution in [2.24, 2.45) is 10.7 Å². The van der Waals surface area contributed by atoms with Gasteiger partial charge in [0.05, 0.1) is 6.04 Å². The van der Waals surface area contributed by atoms with Gasteiger partial charge in [-0.1, -0.05) is 48.9 Å². The maximum atomic E-state index is 5.96. The summed E-state index contributed by atoms with van der Waals surface area (Å²) in [6, 6.07) is 8.93. The number of hydrogen-bond donors (Lipinski definition) is 1. The van der Waals surface area contributed by atoms with E-state index < -0.39 is 0 Å². The van der Waals surface area contributed by atoms with Gasteiger partial charge in [-0.3, -0.25) is 4.99 Å². The minimum atomic E-state index is 0.486. The molecule has 0 aromatic heterocycles. The lowest BCUT2D eigenvalue weighted by Crippen LogP contribution is -2.11. The third kappa shape index (κ3) is 3.77. The number of aryl methyl sites for hydroxylation is 1. The molecule has 0 atom stereocenters. The molecule has 0 saturated heterocycles. The molecule has 92 valence electrons. The van der Waals surface area contributed by atoms with E-state index in [2.05, 4.69) is 36.2 Å². The molecule has 0 spiro atoms. The maximum Gasteiger partial charge on any atom is 0.154 e. The highest BCUT2D eigenvalue weighted by atomic mass is 32.2. The average Bonchev–Trinajstić information content (AvgIpc) is 2.81. The monoisotopic (exact) mass is 248 g/mol. The molecule has 0 aliphatic heterocycles. The van der Waals surface area contributed by atoms with E-state index in [1.165, 1.54) is 36.8 Å². The van der Waals surface area contributed by atoms with Gasteiger partial charge in [-0.15, -0.1) is 0 Å². The van der Waals surface area contributed by atoms with E-state index in [4.69, 9.17) is 5.73 Å². The van der Waals surface area contributed by atoms with Crippen molar-refractivity contribution in [1.82, 2.24) is 0 Å². The Morgan fingerprint density at radius 2 is 2.06 bits per heavy atom. The van der Waals surface area contributed by atoms with Crippen LogP contribution < -0.4 is 5.73 Å². The van der Waals surface area contributed by atoms with Gasteiger partial charge in [-0.25, -0.2) is 0 Å². The van der Waals surface area contributed by atoms with E-state index in [1.807, 2.05) is 0 Å². The second-order valence-corrected chi connectivity index (χ2v) is 5.62. The second kappa shape index (κ2) is 6.10. The molecule has 17 heavy (non-hydrogen) atoms. The van der Waals surface area contributed by atoms with Crippen molar-refractivity contribution in [3.63, 3.8) is 0 Å². The first kappa shape index (κ1) is 12.5. The highest BCUT2D eigenvalue weighted by Gasteiger charge is 2.13. The molecule has 0 heterocycles. The van der Waals surface area contributed by atoms with Crippen molar-refractivity contribution < 1.29 is 0 Å². The zero-order valence-electron chi connectivity index (χ0n) is 10.4. The fourth-order valence-electron chi connectivity index (χ4n) is 2.17. The third-order valence-corrected chi connectivity index (χ3v) is 4.13.